The summed E-state index contributed by atoms with van der Waals surface area (Å²) in [6, 6.07) is 7.50. The molecule has 0 unspecified atom stereocenters. The number of hydrogen-bond acceptors (Lipinski definition) is 8. The summed E-state index contributed by atoms with van der Waals surface area (Å²) in [5.74, 6) is 1.25. The molecule has 0 amide bonds. The zero-order chi connectivity index (χ0) is 22.7. The van der Waals surface area contributed by atoms with E-state index in [2.05, 4.69) is 21.0 Å². The molecule has 1 aliphatic rings. The Hall–Kier alpha value is -2.94. The SMILES string of the molecule is C[C@@H](Sc1nc2ccccc2c(=O)n1CCC1=CCCCC1)c1nc(N)nc(N(C)C)n1. The molecule has 168 valence electrons. The van der Waals surface area contributed by atoms with Crippen molar-refractivity contribution < 1.29 is 0 Å². The predicted molar refractivity (Wildman–Crippen MR) is 130 cm³/mol. The number of thioether (sulfide) groups is 1. The molecule has 4 rings (SSSR count). The average Bonchev–Trinajstić information content (AvgIpc) is 2.79. The summed E-state index contributed by atoms with van der Waals surface area (Å²) in [5, 5.41) is 1.15. The number of nitrogen functional groups attached to an aromatic ring is 1. The monoisotopic (exact) mass is 451 g/mol. The average molecular weight is 452 g/mol. The van der Waals surface area contributed by atoms with Crippen molar-refractivity contribution in [3.63, 3.8) is 0 Å². The highest BCUT2D eigenvalue weighted by Gasteiger charge is 2.19. The minimum absolute atomic E-state index is 0.00847. The van der Waals surface area contributed by atoms with Crippen molar-refractivity contribution in [3.05, 3.63) is 52.1 Å². The molecule has 32 heavy (non-hydrogen) atoms. The standard InChI is InChI=1S/C23H29N7OS/c1-15(19-26-21(24)28-22(27-19)29(2)3)32-23-25-18-12-8-7-11-17(18)20(31)30(23)14-13-16-9-5-4-6-10-16/h7-9,11-12,15H,4-6,10,13-14H2,1-3H3,(H2,24,26,27,28)/t15-/m1/s1. The number of allylic oxidation sites excluding steroid dienone is 2. The number of hydrogen-bond donors (Lipinski definition) is 1. The highest BCUT2D eigenvalue weighted by Crippen LogP contribution is 2.33. The molecule has 1 aromatic carbocycles. The van der Waals surface area contributed by atoms with Crippen LogP contribution in [0.15, 0.2) is 45.9 Å². The summed E-state index contributed by atoms with van der Waals surface area (Å²) >= 11 is 1.47. The highest BCUT2D eigenvalue weighted by molar-refractivity contribution is 7.99. The fourth-order valence-electron chi connectivity index (χ4n) is 3.81. The Labute approximate surface area is 192 Å². The summed E-state index contributed by atoms with van der Waals surface area (Å²) in [6.07, 6.45) is 7.92. The van der Waals surface area contributed by atoms with Crippen molar-refractivity contribution in [1.29, 1.82) is 0 Å². The van der Waals surface area contributed by atoms with Crippen LogP contribution in [0.25, 0.3) is 10.9 Å². The van der Waals surface area contributed by atoms with E-state index in [4.69, 9.17) is 10.7 Å². The van der Waals surface area contributed by atoms with Gasteiger partial charge in [-0.25, -0.2) is 4.98 Å². The van der Waals surface area contributed by atoms with Gasteiger partial charge in [0.1, 0.15) is 5.82 Å². The van der Waals surface area contributed by atoms with Gasteiger partial charge in [-0.3, -0.25) is 9.36 Å². The van der Waals surface area contributed by atoms with Gasteiger partial charge in [-0.2, -0.15) is 15.0 Å². The minimum atomic E-state index is -0.160. The van der Waals surface area contributed by atoms with Gasteiger partial charge < -0.3 is 10.6 Å². The van der Waals surface area contributed by atoms with Gasteiger partial charge in [0.2, 0.25) is 11.9 Å². The van der Waals surface area contributed by atoms with Gasteiger partial charge in [-0.1, -0.05) is 35.5 Å². The molecule has 1 atom stereocenters. The van der Waals surface area contributed by atoms with Gasteiger partial charge in [0.15, 0.2) is 5.16 Å². The van der Waals surface area contributed by atoms with Crippen molar-refractivity contribution in [2.75, 3.05) is 24.7 Å². The van der Waals surface area contributed by atoms with Crippen LogP contribution in [0.4, 0.5) is 11.9 Å². The molecular formula is C23H29N7OS. The zero-order valence-electron chi connectivity index (χ0n) is 18.8. The summed E-state index contributed by atoms with van der Waals surface area (Å²) in [4.78, 5) is 33.0. The molecule has 0 bridgehead atoms. The Bertz CT molecular complexity index is 1200. The molecule has 2 N–H and O–H groups in total. The van der Waals surface area contributed by atoms with Crippen LogP contribution in [-0.4, -0.2) is 38.6 Å². The molecule has 9 heteroatoms. The first-order chi connectivity index (χ1) is 15.4. The lowest BCUT2D eigenvalue weighted by molar-refractivity contribution is 0.568. The van der Waals surface area contributed by atoms with Crippen molar-refractivity contribution in [3.8, 4) is 0 Å². The second kappa shape index (κ2) is 9.68. The number of anilines is 2. The normalized spacial score (nSPS) is 14.9. The number of nitrogens with two attached hydrogens (primary N) is 1. The van der Waals surface area contributed by atoms with E-state index in [0.29, 0.717) is 34.4 Å². The lowest BCUT2D eigenvalue weighted by Crippen LogP contribution is -2.24. The Morgan fingerprint density at radius 2 is 1.97 bits per heavy atom. The fraction of sp³-hybridized carbons (Fsp3) is 0.435. The van der Waals surface area contributed by atoms with E-state index in [9.17, 15) is 4.79 Å². The summed E-state index contributed by atoms with van der Waals surface area (Å²) in [5.41, 5.74) is 8.03. The Morgan fingerprint density at radius 3 is 2.72 bits per heavy atom. The molecule has 0 saturated heterocycles. The van der Waals surface area contributed by atoms with Gasteiger partial charge >= 0.3 is 0 Å². The number of nitrogens with zero attached hydrogens (tertiary/aromatic N) is 6. The molecular weight excluding hydrogens is 422 g/mol. The number of rotatable bonds is 7. The van der Waals surface area contributed by atoms with Crippen LogP contribution < -0.4 is 16.2 Å². The third-order valence-corrected chi connectivity index (χ3v) is 6.66. The van der Waals surface area contributed by atoms with E-state index in [1.807, 2.05) is 45.3 Å². The van der Waals surface area contributed by atoms with Crippen molar-refractivity contribution in [2.24, 2.45) is 0 Å². The zero-order valence-corrected chi connectivity index (χ0v) is 19.6. The molecule has 1 aliphatic carbocycles. The summed E-state index contributed by atoms with van der Waals surface area (Å²) in [6.45, 7) is 2.61. The van der Waals surface area contributed by atoms with E-state index in [1.54, 1.807) is 9.47 Å². The number of benzene rings is 1. The van der Waals surface area contributed by atoms with Gasteiger partial charge in [0, 0.05) is 20.6 Å². The number of aromatic nitrogens is 5. The van der Waals surface area contributed by atoms with Crippen LogP contribution in [0.3, 0.4) is 0 Å². The third-order valence-electron chi connectivity index (χ3n) is 5.57. The van der Waals surface area contributed by atoms with Crippen molar-refractivity contribution in [1.82, 2.24) is 24.5 Å². The number of para-hydroxylation sites is 1. The fourth-order valence-corrected chi connectivity index (χ4v) is 4.79. The summed E-state index contributed by atoms with van der Waals surface area (Å²) in [7, 11) is 3.72. The molecule has 8 nitrogen and oxygen atoms in total. The van der Waals surface area contributed by atoms with Gasteiger partial charge in [0.25, 0.3) is 5.56 Å². The molecule has 0 aliphatic heterocycles. The maximum atomic E-state index is 13.4. The minimum Gasteiger partial charge on any atom is -0.368 e. The lowest BCUT2D eigenvalue weighted by atomic mass is 9.97. The second-order valence-electron chi connectivity index (χ2n) is 8.23. The molecule has 0 saturated carbocycles. The summed E-state index contributed by atoms with van der Waals surface area (Å²) < 4.78 is 1.80. The second-order valence-corrected chi connectivity index (χ2v) is 9.54. The molecule has 0 spiro atoms. The lowest BCUT2D eigenvalue weighted by Gasteiger charge is -2.18. The Kier molecular flexibility index (Phi) is 6.74. The first kappa shape index (κ1) is 22.3. The first-order valence-corrected chi connectivity index (χ1v) is 11.8. The van der Waals surface area contributed by atoms with Gasteiger partial charge in [0.05, 0.1) is 16.2 Å². The van der Waals surface area contributed by atoms with Crippen LogP contribution in [0, 0.1) is 0 Å². The molecule has 0 radical (unpaired) electrons. The Morgan fingerprint density at radius 1 is 1.16 bits per heavy atom. The predicted octanol–water partition coefficient (Wildman–Crippen LogP) is 3.97. The van der Waals surface area contributed by atoms with Crippen molar-refractivity contribution in [2.45, 2.75) is 56.0 Å². The van der Waals surface area contributed by atoms with Crippen LogP contribution in [0.5, 0.6) is 0 Å². The van der Waals surface area contributed by atoms with E-state index in [1.165, 1.54) is 30.2 Å². The maximum Gasteiger partial charge on any atom is 0.262 e. The Balaban J connectivity index is 1.69. The third kappa shape index (κ3) is 4.93. The van der Waals surface area contributed by atoms with Crippen molar-refractivity contribution >= 4 is 34.6 Å². The van der Waals surface area contributed by atoms with Gasteiger partial charge in [-0.05, 0) is 51.2 Å². The maximum absolute atomic E-state index is 13.4. The number of fused-ring (bicyclic) bond motifs is 1. The largest absolute Gasteiger partial charge is 0.368 e. The van der Waals surface area contributed by atoms with E-state index in [0.717, 1.165) is 19.3 Å². The van der Waals surface area contributed by atoms with Gasteiger partial charge in [-0.15, -0.1) is 0 Å². The van der Waals surface area contributed by atoms with Crippen LogP contribution in [0.2, 0.25) is 0 Å². The molecule has 3 aromatic rings. The van der Waals surface area contributed by atoms with E-state index >= 15 is 0 Å². The van der Waals surface area contributed by atoms with E-state index in [-0.39, 0.29) is 16.8 Å². The first-order valence-electron chi connectivity index (χ1n) is 11.0. The van der Waals surface area contributed by atoms with Crippen LogP contribution in [0.1, 0.15) is 50.1 Å². The molecule has 0 fully saturated rings. The van der Waals surface area contributed by atoms with Crippen LogP contribution in [-0.2, 0) is 6.54 Å². The van der Waals surface area contributed by atoms with E-state index < -0.39 is 0 Å². The van der Waals surface area contributed by atoms with Crippen LogP contribution >= 0.6 is 11.8 Å². The molecule has 2 heterocycles. The topological polar surface area (TPSA) is 103 Å². The quantitative estimate of drug-likeness (QED) is 0.327. The smallest absolute Gasteiger partial charge is 0.262 e. The highest BCUT2D eigenvalue weighted by atomic mass is 32.2. The molecule has 2 aromatic heterocycles.